The monoisotopic (exact) mass is 350 g/mol. The zero-order valence-electron chi connectivity index (χ0n) is 13.6. The number of benzene rings is 1. The van der Waals surface area contributed by atoms with Crippen molar-refractivity contribution in [3.63, 3.8) is 0 Å². The molecule has 0 aliphatic heterocycles. The Morgan fingerprint density at radius 1 is 1.22 bits per heavy atom. The second-order valence-corrected chi connectivity index (χ2v) is 7.88. The number of fused-ring (bicyclic) bond motifs is 3. The molecule has 0 N–H and O–H groups in total. The molecule has 1 aromatic rings. The molecule has 0 heterocycles. The Bertz CT molecular complexity index is 744. The fourth-order valence-electron chi connectivity index (χ4n) is 3.82. The summed E-state index contributed by atoms with van der Waals surface area (Å²) in [5.74, 6) is -0.891. The normalized spacial score (nSPS) is 21.1. The molecule has 0 fully saturated rings. The fourth-order valence-corrected chi connectivity index (χ4v) is 4.41. The third kappa shape index (κ3) is 2.47. The molecule has 4 heteroatoms. The summed E-state index contributed by atoms with van der Waals surface area (Å²) in [4.78, 5) is 25.4. The van der Waals surface area contributed by atoms with E-state index in [1.807, 2.05) is 13.0 Å². The highest BCUT2D eigenvalue weighted by Gasteiger charge is 2.39. The molecule has 122 valence electrons. The van der Waals surface area contributed by atoms with E-state index in [9.17, 15) is 9.59 Å². The Morgan fingerprint density at radius 3 is 2.57 bits per heavy atom. The lowest BCUT2D eigenvalue weighted by Crippen LogP contribution is -2.31. The third-order valence-corrected chi connectivity index (χ3v) is 6.02. The van der Waals surface area contributed by atoms with Crippen LogP contribution in [-0.2, 0) is 16.6 Å². The minimum Gasteiger partial charge on any atom is -0.285 e. The van der Waals surface area contributed by atoms with Crippen molar-refractivity contribution in [2.45, 2.75) is 45.4 Å². The SMILES string of the molecule is C[C@@H](CCl)C1=C(Cl)c2ccc3c(c2C(=O)C1=O)CCCC3(C)C. The Hall–Kier alpha value is -1.12. The predicted octanol–water partition coefficient (Wildman–Crippen LogP) is 4.89. The van der Waals surface area contributed by atoms with E-state index in [-0.39, 0.29) is 17.2 Å². The topological polar surface area (TPSA) is 34.1 Å². The minimum absolute atomic E-state index is 0.0197. The van der Waals surface area contributed by atoms with Crippen LogP contribution >= 0.6 is 23.2 Å². The predicted molar refractivity (Wildman–Crippen MR) is 94.4 cm³/mol. The number of rotatable bonds is 2. The lowest BCUT2D eigenvalue weighted by Gasteiger charge is -2.35. The lowest BCUT2D eigenvalue weighted by atomic mass is 9.69. The summed E-state index contributed by atoms with van der Waals surface area (Å²) in [6.07, 6.45) is 2.93. The van der Waals surface area contributed by atoms with Crippen LogP contribution in [0.25, 0.3) is 5.03 Å². The van der Waals surface area contributed by atoms with Gasteiger partial charge in [-0.15, -0.1) is 11.6 Å². The molecule has 2 nitrogen and oxygen atoms in total. The van der Waals surface area contributed by atoms with Crippen molar-refractivity contribution in [3.05, 3.63) is 40.0 Å². The van der Waals surface area contributed by atoms with Crippen molar-refractivity contribution >= 4 is 39.8 Å². The zero-order chi connectivity index (χ0) is 16.9. The molecular weight excluding hydrogens is 331 g/mol. The first-order chi connectivity index (χ1) is 10.8. The van der Waals surface area contributed by atoms with Crippen LogP contribution < -0.4 is 0 Å². The Labute approximate surface area is 146 Å². The van der Waals surface area contributed by atoms with Crippen LogP contribution in [0.1, 0.15) is 60.7 Å². The maximum Gasteiger partial charge on any atom is 0.234 e. The van der Waals surface area contributed by atoms with Gasteiger partial charge in [-0.3, -0.25) is 9.59 Å². The van der Waals surface area contributed by atoms with Crippen LogP contribution in [-0.4, -0.2) is 17.4 Å². The molecule has 3 rings (SSSR count). The van der Waals surface area contributed by atoms with Gasteiger partial charge in [-0.1, -0.05) is 44.5 Å². The molecule has 0 amide bonds. The van der Waals surface area contributed by atoms with Gasteiger partial charge in [-0.2, -0.15) is 0 Å². The zero-order valence-corrected chi connectivity index (χ0v) is 15.1. The van der Waals surface area contributed by atoms with E-state index in [2.05, 4.69) is 19.9 Å². The van der Waals surface area contributed by atoms with Crippen LogP contribution in [0.4, 0.5) is 0 Å². The van der Waals surface area contributed by atoms with Gasteiger partial charge < -0.3 is 0 Å². The van der Waals surface area contributed by atoms with Gasteiger partial charge in [0.1, 0.15) is 0 Å². The molecule has 2 aliphatic rings. The number of hydrogen-bond donors (Lipinski definition) is 0. The largest absolute Gasteiger partial charge is 0.285 e. The molecule has 0 spiro atoms. The van der Waals surface area contributed by atoms with Gasteiger partial charge in [0, 0.05) is 28.5 Å². The maximum absolute atomic E-state index is 12.8. The van der Waals surface area contributed by atoms with Crippen LogP contribution in [0, 0.1) is 5.92 Å². The van der Waals surface area contributed by atoms with Gasteiger partial charge in [0.25, 0.3) is 0 Å². The van der Waals surface area contributed by atoms with Crippen molar-refractivity contribution < 1.29 is 9.59 Å². The van der Waals surface area contributed by atoms with E-state index < -0.39 is 11.6 Å². The minimum atomic E-state index is -0.493. The summed E-state index contributed by atoms with van der Waals surface area (Å²) in [5, 5.41) is 0.393. The third-order valence-electron chi connectivity index (χ3n) is 5.15. The maximum atomic E-state index is 12.8. The highest BCUT2D eigenvalue weighted by atomic mass is 35.5. The first kappa shape index (κ1) is 16.7. The number of Topliss-reactive ketones (excluding diaryl/α,β-unsaturated/α-hetero) is 2. The van der Waals surface area contributed by atoms with Gasteiger partial charge in [-0.25, -0.2) is 0 Å². The highest BCUT2D eigenvalue weighted by molar-refractivity contribution is 6.61. The van der Waals surface area contributed by atoms with Crippen LogP contribution in [0.15, 0.2) is 17.7 Å². The Morgan fingerprint density at radius 2 is 1.91 bits per heavy atom. The molecule has 0 bridgehead atoms. The second-order valence-electron chi connectivity index (χ2n) is 7.19. The summed E-state index contributed by atoms with van der Waals surface area (Å²) in [7, 11) is 0. The molecule has 0 radical (unpaired) electrons. The molecule has 1 atom stereocenters. The number of ketones is 2. The van der Waals surface area contributed by atoms with Gasteiger partial charge in [0.15, 0.2) is 0 Å². The van der Waals surface area contributed by atoms with Gasteiger partial charge in [0.05, 0.1) is 5.03 Å². The standard InChI is InChI=1S/C19H20Cl2O2/c1-10(9-20)14-16(21)12-6-7-13-11(5-4-8-19(13,2)3)15(12)18(23)17(14)22/h6-7,10H,4-5,8-9H2,1-3H3/t10-/m0/s1. The first-order valence-corrected chi connectivity index (χ1v) is 8.92. The second kappa shape index (κ2) is 5.75. The summed E-state index contributed by atoms with van der Waals surface area (Å²) in [5.41, 5.74) is 3.77. The summed E-state index contributed by atoms with van der Waals surface area (Å²) in [6, 6.07) is 3.97. The van der Waals surface area contributed by atoms with E-state index in [1.165, 1.54) is 5.56 Å². The molecule has 2 aliphatic carbocycles. The summed E-state index contributed by atoms with van der Waals surface area (Å²) < 4.78 is 0. The Balaban J connectivity index is 2.29. The van der Waals surface area contributed by atoms with Crippen LogP contribution in [0.5, 0.6) is 0 Å². The molecule has 0 aromatic heterocycles. The molecule has 0 saturated heterocycles. The molecule has 0 saturated carbocycles. The van der Waals surface area contributed by atoms with E-state index in [0.717, 1.165) is 24.8 Å². The van der Waals surface area contributed by atoms with Crippen molar-refractivity contribution in [1.82, 2.24) is 0 Å². The fraction of sp³-hybridized carbons (Fsp3) is 0.474. The van der Waals surface area contributed by atoms with E-state index in [0.29, 0.717) is 21.7 Å². The number of carbonyl (C=O) groups is 2. The Kier molecular flexibility index (Phi) is 4.18. The van der Waals surface area contributed by atoms with E-state index in [1.54, 1.807) is 0 Å². The number of carbonyl (C=O) groups excluding carboxylic acids is 2. The van der Waals surface area contributed by atoms with E-state index in [4.69, 9.17) is 23.2 Å². The summed E-state index contributed by atoms with van der Waals surface area (Å²) in [6.45, 7) is 6.19. The molecule has 1 aromatic carbocycles. The number of halogens is 2. The van der Waals surface area contributed by atoms with Gasteiger partial charge >= 0.3 is 0 Å². The van der Waals surface area contributed by atoms with Gasteiger partial charge in [0.2, 0.25) is 11.6 Å². The lowest BCUT2D eigenvalue weighted by molar-refractivity contribution is -0.112. The average molecular weight is 351 g/mol. The smallest absolute Gasteiger partial charge is 0.234 e. The number of hydrogen-bond acceptors (Lipinski definition) is 2. The van der Waals surface area contributed by atoms with E-state index >= 15 is 0 Å². The van der Waals surface area contributed by atoms with Crippen molar-refractivity contribution in [2.24, 2.45) is 5.92 Å². The summed E-state index contributed by atoms with van der Waals surface area (Å²) >= 11 is 12.4. The molecule has 23 heavy (non-hydrogen) atoms. The highest BCUT2D eigenvalue weighted by Crippen LogP contribution is 2.44. The number of alkyl halides is 1. The van der Waals surface area contributed by atoms with Crippen molar-refractivity contribution in [3.8, 4) is 0 Å². The van der Waals surface area contributed by atoms with Gasteiger partial charge in [-0.05, 0) is 35.8 Å². The molecule has 0 unspecified atom stereocenters. The van der Waals surface area contributed by atoms with Crippen molar-refractivity contribution in [1.29, 1.82) is 0 Å². The van der Waals surface area contributed by atoms with Crippen LogP contribution in [0.3, 0.4) is 0 Å². The van der Waals surface area contributed by atoms with Crippen LogP contribution in [0.2, 0.25) is 0 Å². The number of allylic oxidation sites excluding steroid dienone is 1. The first-order valence-electron chi connectivity index (χ1n) is 8.01. The molecular formula is C19H20Cl2O2. The van der Waals surface area contributed by atoms with Crippen molar-refractivity contribution in [2.75, 3.05) is 5.88 Å². The average Bonchev–Trinajstić information content (AvgIpc) is 2.51. The quantitative estimate of drug-likeness (QED) is 0.562.